The summed E-state index contributed by atoms with van der Waals surface area (Å²) < 4.78 is 18.8. The van der Waals surface area contributed by atoms with Crippen LogP contribution in [0.1, 0.15) is 26.4 Å². The largest absolute Gasteiger partial charge is 0.464 e. The first-order valence-corrected chi connectivity index (χ1v) is 10.3. The van der Waals surface area contributed by atoms with Crippen LogP contribution in [0.25, 0.3) is 22.0 Å². The number of aromatic nitrogens is 1. The van der Waals surface area contributed by atoms with Crippen LogP contribution in [0.5, 0.6) is 0 Å². The Morgan fingerprint density at radius 1 is 1.03 bits per heavy atom. The summed E-state index contributed by atoms with van der Waals surface area (Å²) in [5.74, 6) is -2.20. The zero-order valence-corrected chi connectivity index (χ0v) is 18.2. The normalized spacial score (nSPS) is 10.8. The van der Waals surface area contributed by atoms with Crippen LogP contribution in [0.4, 0.5) is 4.39 Å². The van der Waals surface area contributed by atoms with E-state index in [9.17, 15) is 18.8 Å². The minimum absolute atomic E-state index is 0.0135. The number of benzene rings is 3. The van der Waals surface area contributed by atoms with Gasteiger partial charge in [-0.25, -0.2) is 9.18 Å². The van der Waals surface area contributed by atoms with Crippen LogP contribution < -0.4 is 10.7 Å². The number of amides is 1. The molecule has 0 spiro atoms. The number of fused-ring (bicyclic) bond motifs is 1. The fourth-order valence-corrected chi connectivity index (χ4v) is 3.88. The topological polar surface area (TPSA) is 88.3 Å². The average molecular weight is 465 g/mol. The van der Waals surface area contributed by atoms with Crippen molar-refractivity contribution in [1.82, 2.24) is 10.3 Å². The number of hydrogen-bond donors (Lipinski definition) is 2. The third-order valence-corrected chi connectivity index (χ3v) is 5.54. The number of rotatable bonds is 5. The molecule has 1 amide bonds. The lowest BCUT2D eigenvalue weighted by molar-refractivity contribution is 0.0592. The molecule has 0 aliphatic rings. The van der Waals surface area contributed by atoms with Crippen molar-refractivity contribution >= 4 is 34.4 Å². The average Bonchev–Trinajstić information content (AvgIpc) is 2.83. The molecule has 166 valence electrons. The van der Waals surface area contributed by atoms with Gasteiger partial charge in [0.1, 0.15) is 11.5 Å². The Labute approximate surface area is 193 Å². The molecule has 0 fully saturated rings. The van der Waals surface area contributed by atoms with Gasteiger partial charge in [0.2, 0.25) is 0 Å². The van der Waals surface area contributed by atoms with E-state index in [2.05, 4.69) is 10.3 Å². The van der Waals surface area contributed by atoms with E-state index in [4.69, 9.17) is 16.3 Å². The number of aromatic amines is 1. The molecule has 3 aromatic carbocycles. The minimum atomic E-state index is -0.789. The number of H-pyrrole nitrogens is 1. The number of pyridine rings is 1. The van der Waals surface area contributed by atoms with E-state index < -0.39 is 23.1 Å². The SMILES string of the molecule is COC(=O)c1[nH]c2c(-c3ccccc3)c(Cl)ccc2c(=O)c1CNC(=O)c1ccccc1F. The molecule has 0 radical (unpaired) electrons. The first-order chi connectivity index (χ1) is 15.9. The van der Waals surface area contributed by atoms with Crippen molar-refractivity contribution < 1.29 is 18.7 Å². The monoisotopic (exact) mass is 464 g/mol. The van der Waals surface area contributed by atoms with E-state index in [-0.39, 0.29) is 28.8 Å². The Morgan fingerprint density at radius 2 is 1.73 bits per heavy atom. The van der Waals surface area contributed by atoms with Gasteiger partial charge in [-0.05, 0) is 29.8 Å². The van der Waals surface area contributed by atoms with Gasteiger partial charge in [-0.3, -0.25) is 9.59 Å². The molecule has 33 heavy (non-hydrogen) atoms. The highest BCUT2D eigenvalue weighted by Crippen LogP contribution is 2.33. The molecule has 6 nitrogen and oxygen atoms in total. The van der Waals surface area contributed by atoms with Crippen LogP contribution in [0, 0.1) is 5.82 Å². The van der Waals surface area contributed by atoms with Crippen LogP contribution in [-0.2, 0) is 11.3 Å². The van der Waals surface area contributed by atoms with Gasteiger partial charge in [0.05, 0.1) is 28.8 Å². The molecule has 1 heterocycles. The third kappa shape index (κ3) is 4.23. The quantitative estimate of drug-likeness (QED) is 0.419. The molecule has 4 rings (SSSR count). The number of nitrogens with one attached hydrogen (secondary N) is 2. The molecule has 0 saturated heterocycles. The number of ether oxygens (including phenoxy) is 1. The summed E-state index contributed by atoms with van der Waals surface area (Å²) >= 11 is 6.45. The maximum atomic E-state index is 13.9. The highest BCUT2D eigenvalue weighted by molar-refractivity contribution is 6.35. The van der Waals surface area contributed by atoms with Crippen LogP contribution in [0.2, 0.25) is 5.02 Å². The fraction of sp³-hybridized carbons (Fsp3) is 0.0800. The molecular weight excluding hydrogens is 447 g/mol. The number of esters is 1. The maximum absolute atomic E-state index is 13.9. The lowest BCUT2D eigenvalue weighted by Gasteiger charge is -2.14. The van der Waals surface area contributed by atoms with Gasteiger partial charge < -0.3 is 15.0 Å². The van der Waals surface area contributed by atoms with E-state index in [1.807, 2.05) is 30.3 Å². The van der Waals surface area contributed by atoms with Gasteiger partial charge in [0.25, 0.3) is 5.91 Å². The summed E-state index contributed by atoms with van der Waals surface area (Å²) in [4.78, 5) is 41.4. The zero-order valence-electron chi connectivity index (χ0n) is 17.4. The highest BCUT2D eigenvalue weighted by Gasteiger charge is 2.22. The first kappa shape index (κ1) is 22.2. The molecule has 2 N–H and O–H groups in total. The summed E-state index contributed by atoms with van der Waals surface area (Å²) in [5.41, 5.74) is 0.880. The smallest absolute Gasteiger partial charge is 0.354 e. The summed E-state index contributed by atoms with van der Waals surface area (Å²) in [7, 11) is 1.18. The zero-order chi connectivity index (χ0) is 23.5. The number of carbonyl (C=O) groups is 2. The lowest BCUT2D eigenvalue weighted by Crippen LogP contribution is -2.29. The molecule has 1 aromatic heterocycles. The van der Waals surface area contributed by atoms with Crippen molar-refractivity contribution in [2.24, 2.45) is 0 Å². The minimum Gasteiger partial charge on any atom is -0.464 e. The van der Waals surface area contributed by atoms with E-state index in [1.54, 1.807) is 12.1 Å². The van der Waals surface area contributed by atoms with E-state index in [0.717, 1.165) is 11.6 Å². The molecule has 0 bridgehead atoms. The highest BCUT2D eigenvalue weighted by atomic mass is 35.5. The van der Waals surface area contributed by atoms with E-state index >= 15 is 0 Å². The Hall–Kier alpha value is -3.97. The number of carbonyl (C=O) groups excluding carboxylic acids is 2. The van der Waals surface area contributed by atoms with Crippen molar-refractivity contribution in [1.29, 1.82) is 0 Å². The summed E-state index contributed by atoms with van der Waals surface area (Å²) in [5, 5.41) is 3.17. The van der Waals surface area contributed by atoms with E-state index in [1.165, 1.54) is 25.3 Å². The van der Waals surface area contributed by atoms with Crippen molar-refractivity contribution in [3.63, 3.8) is 0 Å². The Bertz CT molecular complexity index is 1430. The number of halogens is 2. The summed E-state index contributed by atoms with van der Waals surface area (Å²) in [6.07, 6.45) is 0. The second-order valence-electron chi connectivity index (χ2n) is 7.17. The lowest BCUT2D eigenvalue weighted by atomic mass is 9.99. The number of methoxy groups -OCH3 is 1. The maximum Gasteiger partial charge on any atom is 0.354 e. The Kier molecular flexibility index (Phi) is 6.24. The van der Waals surface area contributed by atoms with Gasteiger partial charge in [-0.15, -0.1) is 0 Å². The van der Waals surface area contributed by atoms with Crippen molar-refractivity contribution in [3.8, 4) is 11.1 Å². The second-order valence-corrected chi connectivity index (χ2v) is 7.58. The standard InChI is InChI=1S/C25H18ClFN2O4/c1-33-25(32)22-17(13-28-24(31)15-9-5-6-10-19(15)27)23(30)16-11-12-18(26)20(21(16)29-22)14-7-3-2-4-8-14/h2-12H,13H2,1H3,(H,28,31)(H,29,30). The molecule has 4 aromatic rings. The van der Waals surface area contributed by atoms with Crippen LogP contribution in [0.15, 0.2) is 71.5 Å². The van der Waals surface area contributed by atoms with Crippen LogP contribution in [0.3, 0.4) is 0 Å². The van der Waals surface area contributed by atoms with Crippen molar-refractivity contribution in [2.75, 3.05) is 7.11 Å². The predicted molar refractivity (Wildman–Crippen MR) is 124 cm³/mol. The molecule has 0 aliphatic carbocycles. The van der Waals surface area contributed by atoms with Gasteiger partial charge in [-0.1, -0.05) is 54.1 Å². The third-order valence-electron chi connectivity index (χ3n) is 5.22. The molecule has 0 aliphatic heterocycles. The summed E-state index contributed by atoms with van der Waals surface area (Å²) in [6.45, 7) is -0.313. The molecule has 0 unspecified atom stereocenters. The predicted octanol–water partition coefficient (Wildman–Crippen LogP) is 4.70. The summed E-state index contributed by atoms with van der Waals surface area (Å²) in [6, 6.07) is 17.8. The molecule has 0 saturated carbocycles. The number of hydrogen-bond acceptors (Lipinski definition) is 4. The van der Waals surface area contributed by atoms with Crippen LogP contribution >= 0.6 is 11.6 Å². The van der Waals surface area contributed by atoms with Crippen molar-refractivity contribution in [2.45, 2.75) is 6.54 Å². The van der Waals surface area contributed by atoms with E-state index in [0.29, 0.717) is 16.1 Å². The van der Waals surface area contributed by atoms with Crippen molar-refractivity contribution in [3.05, 3.63) is 105 Å². The van der Waals surface area contributed by atoms with Gasteiger partial charge in [0.15, 0.2) is 5.43 Å². The van der Waals surface area contributed by atoms with Gasteiger partial charge in [-0.2, -0.15) is 0 Å². The van der Waals surface area contributed by atoms with Gasteiger partial charge in [0, 0.05) is 17.5 Å². The Morgan fingerprint density at radius 3 is 2.42 bits per heavy atom. The van der Waals surface area contributed by atoms with Crippen LogP contribution in [-0.4, -0.2) is 24.0 Å². The molecule has 0 atom stereocenters. The second kappa shape index (κ2) is 9.26. The molecular formula is C25H18ClFN2O4. The van der Waals surface area contributed by atoms with Gasteiger partial charge >= 0.3 is 5.97 Å². The molecule has 8 heteroatoms. The first-order valence-electron chi connectivity index (χ1n) is 9.96. The fourth-order valence-electron chi connectivity index (χ4n) is 3.61. The Balaban J connectivity index is 1.85.